The first kappa shape index (κ1) is 26.7. The maximum Gasteiger partial charge on any atom is 0.260 e. The van der Waals surface area contributed by atoms with Gasteiger partial charge in [0.15, 0.2) is 5.13 Å². The molecule has 0 N–H and O–H groups in total. The Morgan fingerprint density at radius 1 is 1.00 bits per heavy atom. The van der Waals surface area contributed by atoms with Crippen molar-refractivity contribution in [3.63, 3.8) is 0 Å². The number of likely N-dealkylation sites (N-methyl/N-ethyl adjacent to an activating group) is 1. The first-order valence-corrected chi connectivity index (χ1v) is 15.0. The number of hydrogen-bond acceptors (Lipinski definition) is 6. The third-order valence-electron chi connectivity index (χ3n) is 6.88. The van der Waals surface area contributed by atoms with Crippen LogP contribution in [0.5, 0.6) is 0 Å². The van der Waals surface area contributed by atoms with Crippen molar-refractivity contribution in [2.75, 3.05) is 44.2 Å². The number of sulfonamides is 1. The summed E-state index contributed by atoms with van der Waals surface area (Å²) in [5, 5.41) is 0.667. The molecule has 1 aliphatic rings. The number of aromatic nitrogens is 1. The predicted molar refractivity (Wildman–Crippen MR) is 148 cm³/mol. The van der Waals surface area contributed by atoms with E-state index in [0.717, 1.165) is 54.7 Å². The van der Waals surface area contributed by atoms with E-state index in [1.54, 1.807) is 33.5 Å². The number of carbonyl (C=O) groups is 1. The van der Waals surface area contributed by atoms with Gasteiger partial charge in [0.05, 0.1) is 15.1 Å². The summed E-state index contributed by atoms with van der Waals surface area (Å²) < 4.78 is 28.7. The van der Waals surface area contributed by atoms with Crippen molar-refractivity contribution < 1.29 is 13.2 Å². The molecular formula is C27H36N4O3S2. The van der Waals surface area contributed by atoms with E-state index in [0.29, 0.717) is 30.3 Å². The van der Waals surface area contributed by atoms with Gasteiger partial charge in [-0.25, -0.2) is 13.4 Å². The molecule has 0 spiro atoms. The van der Waals surface area contributed by atoms with Crippen molar-refractivity contribution in [1.29, 1.82) is 0 Å². The van der Waals surface area contributed by atoms with E-state index < -0.39 is 10.0 Å². The van der Waals surface area contributed by atoms with Crippen molar-refractivity contribution in [1.82, 2.24) is 14.2 Å². The molecule has 1 saturated heterocycles. The van der Waals surface area contributed by atoms with Gasteiger partial charge in [-0.05, 0) is 81.2 Å². The molecule has 1 amide bonds. The second kappa shape index (κ2) is 11.4. The fraction of sp³-hybridized carbons (Fsp3) is 0.481. The molecule has 0 unspecified atom stereocenters. The first-order valence-electron chi connectivity index (χ1n) is 12.8. The van der Waals surface area contributed by atoms with Crippen LogP contribution in [-0.4, -0.2) is 67.8 Å². The fourth-order valence-electron chi connectivity index (χ4n) is 4.72. The van der Waals surface area contributed by atoms with Gasteiger partial charge in [-0.2, -0.15) is 4.31 Å². The van der Waals surface area contributed by atoms with Crippen molar-refractivity contribution in [3.8, 4) is 0 Å². The van der Waals surface area contributed by atoms with E-state index in [-0.39, 0.29) is 10.8 Å². The molecule has 3 aromatic rings. The molecule has 0 radical (unpaired) electrons. The van der Waals surface area contributed by atoms with Crippen molar-refractivity contribution in [3.05, 3.63) is 53.1 Å². The number of fused-ring (bicyclic) bond motifs is 1. The Balaban J connectivity index is 1.64. The molecule has 0 saturated carbocycles. The second-order valence-electron chi connectivity index (χ2n) is 9.40. The fourth-order valence-corrected chi connectivity index (χ4v) is 7.40. The molecule has 4 rings (SSSR count). The lowest BCUT2D eigenvalue weighted by Gasteiger charge is -2.26. The van der Waals surface area contributed by atoms with Gasteiger partial charge < -0.3 is 4.90 Å². The van der Waals surface area contributed by atoms with Gasteiger partial charge in [0, 0.05) is 31.7 Å². The standard InChI is InChI=1S/C27H36N4O3S2/c1-5-29(6-2)16-17-31(27-28-25-21(4)18-20(3)19-24(25)35-27)26(32)22-10-12-23(13-11-22)36(33,34)30-14-8-7-9-15-30/h10-13,18-19H,5-9,14-17H2,1-4H3. The molecule has 0 aliphatic carbocycles. The number of amides is 1. The largest absolute Gasteiger partial charge is 0.302 e. The molecule has 0 atom stereocenters. The number of hydrogen-bond donors (Lipinski definition) is 0. The third kappa shape index (κ3) is 5.64. The maximum atomic E-state index is 13.7. The van der Waals surface area contributed by atoms with Crippen LogP contribution in [0.1, 0.15) is 54.6 Å². The molecule has 2 heterocycles. The Labute approximate surface area is 218 Å². The summed E-state index contributed by atoms with van der Waals surface area (Å²) >= 11 is 1.52. The number of nitrogens with zero attached hydrogens (tertiary/aromatic N) is 4. The van der Waals surface area contributed by atoms with Crippen LogP contribution in [0.25, 0.3) is 10.2 Å². The monoisotopic (exact) mass is 528 g/mol. The molecule has 0 bridgehead atoms. The topological polar surface area (TPSA) is 73.8 Å². The molecule has 36 heavy (non-hydrogen) atoms. The summed E-state index contributed by atoms with van der Waals surface area (Å²) in [7, 11) is -3.54. The molecule has 1 aliphatic heterocycles. The van der Waals surface area contributed by atoms with E-state index in [1.807, 2.05) is 6.92 Å². The van der Waals surface area contributed by atoms with Crippen LogP contribution in [0.2, 0.25) is 0 Å². The van der Waals surface area contributed by atoms with E-state index in [9.17, 15) is 13.2 Å². The quantitative estimate of drug-likeness (QED) is 0.387. The summed E-state index contributed by atoms with van der Waals surface area (Å²) in [4.78, 5) is 22.8. The second-order valence-corrected chi connectivity index (χ2v) is 12.3. The van der Waals surface area contributed by atoms with Crippen LogP contribution in [0.3, 0.4) is 0 Å². The zero-order valence-electron chi connectivity index (χ0n) is 21.7. The van der Waals surface area contributed by atoms with Crippen molar-refractivity contribution in [2.24, 2.45) is 0 Å². The van der Waals surface area contributed by atoms with Gasteiger partial charge in [-0.1, -0.05) is 37.7 Å². The lowest BCUT2D eigenvalue weighted by molar-refractivity contribution is 0.0983. The average molecular weight is 529 g/mol. The highest BCUT2D eigenvalue weighted by Crippen LogP contribution is 2.32. The molecule has 1 aromatic heterocycles. The van der Waals surface area contributed by atoms with Gasteiger partial charge in [-0.15, -0.1) is 0 Å². The summed E-state index contributed by atoms with van der Waals surface area (Å²) in [6, 6.07) is 10.6. The number of rotatable bonds is 9. The van der Waals surface area contributed by atoms with Crippen molar-refractivity contribution >= 4 is 42.6 Å². The Morgan fingerprint density at radius 3 is 2.31 bits per heavy atom. The minimum Gasteiger partial charge on any atom is -0.302 e. The van der Waals surface area contributed by atoms with Gasteiger partial charge >= 0.3 is 0 Å². The van der Waals surface area contributed by atoms with Gasteiger partial charge in [0.25, 0.3) is 5.91 Å². The predicted octanol–water partition coefficient (Wildman–Crippen LogP) is 5.08. The molecule has 2 aromatic carbocycles. The van der Waals surface area contributed by atoms with Gasteiger partial charge in [0.1, 0.15) is 0 Å². The van der Waals surface area contributed by atoms with Crippen LogP contribution in [0.4, 0.5) is 5.13 Å². The van der Waals surface area contributed by atoms with Gasteiger partial charge in [0.2, 0.25) is 10.0 Å². The zero-order valence-corrected chi connectivity index (χ0v) is 23.3. The Bertz CT molecular complexity index is 1310. The van der Waals surface area contributed by atoms with Crippen LogP contribution in [0, 0.1) is 13.8 Å². The normalized spacial score (nSPS) is 15.0. The number of anilines is 1. The SMILES string of the molecule is CCN(CC)CCN(C(=O)c1ccc(S(=O)(=O)N2CCCCC2)cc1)c1nc2c(C)cc(C)cc2s1. The summed E-state index contributed by atoms with van der Waals surface area (Å²) in [6.45, 7) is 12.5. The molecule has 1 fully saturated rings. The van der Waals surface area contributed by atoms with Crippen LogP contribution >= 0.6 is 11.3 Å². The minimum atomic E-state index is -3.54. The van der Waals surface area contributed by atoms with E-state index in [2.05, 4.69) is 37.8 Å². The number of piperidine rings is 1. The molecular weight excluding hydrogens is 492 g/mol. The first-order chi connectivity index (χ1) is 17.2. The van der Waals surface area contributed by atoms with Crippen LogP contribution < -0.4 is 4.90 Å². The highest BCUT2D eigenvalue weighted by Gasteiger charge is 2.27. The number of aryl methyl sites for hydroxylation is 2. The molecule has 7 nitrogen and oxygen atoms in total. The van der Waals surface area contributed by atoms with Gasteiger partial charge in [-0.3, -0.25) is 9.69 Å². The van der Waals surface area contributed by atoms with E-state index in [4.69, 9.17) is 4.98 Å². The zero-order chi connectivity index (χ0) is 25.9. The van der Waals surface area contributed by atoms with E-state index >= 15 is 0 Å². The Morgan fingerprint density at radius 2 is 1.67 bits per heavy atom. The number of carbonyl (C=O) groups excluding carboxylic acids is 1. The summed E-state index contributed by atoms with van der Waals surface area (Å²) in [5.41, 5.74) is 3.64. The minimum absolute atomic E-state index is 0.169. The average Bonchev–Trinajstić information content (AvgIpc) is 3.31. The van der Waals surface area contributed by atoms with Crippen molar-refractivity contribution in [2.45, 2.75) is 51.9 Å². The lowest BCUT2D eigenvalue weighted by Crippen LogP contribution is -2.39. The van der Waals surface area contributed by atoms with Crippen LogP contribution in [0.15, 0.2) is 41.3 Å². The van der Waals surface area contributed by atoms with Crippen LogP contribution in [-0.2, 0) is 10.0 Å². The molecule has 194 valence electrons. The summed E-state index contributed by atoms with van der Waals surface area (Å²) in [5.74, 6) is -0.169. The highest BCUT2D eigenvalue weighted by molar-refractivity contribution is 7.89. The highest BCUT2D eigenvalue weighted by atomic mass is 32.2. The number of thiazole rings is 1. The smallest absolute Gasteiger partial charge is 0.260 e. The third-order valence-corrected chi connectivity index (χ3v) is 9.82. The molecule has 9 heteroatoms. The number of benzene rings is 2. The van der Waals surface area contributed by atoms with E-state index in [1.165, 1.54) is 16.9 Å². The maximum absolute atomic E-state index is 13.7. The Kier molecular flexibility index (Phi) is 8.44. The lowest BCUT2D eigenvalue weighted by atomic mass is 10.1. The summed E-state index contributed by atoms with van der Waals surface area (Å²) in [6.07, 6.45) is 2.84. The Hall–Kier alpha value is -2.33.